The highest BCUT2D eigenvalue weighted by molar-refractivity contribution is 7.99. The third kappa shape index (κ3) is 4.27. The minimum atomic E-state index is 0.262. The molecule has 2 aliphatic rings. The van der Waals surface area contributed by atoms with Crippen molar-refractivity contribution in [1.29, 1.82) is 0 Å². The molecule has 2 heterocycles. The van der Waals surface area contributed by atoms with Gasteiger partial charge in [0.05, 0.1) is 6.54 Å². The number of hydrogen-bond acceptors (Lipinski definition) is 4. The van der Waals surface area contributed by atoms with Gasteiger partial charge in [-0.1, -0.05) is 0 Å². The van der Waals surface area contributed by atoms with Crippen molar-refractivity contribution in [2.45, 2.75) is 19.4 Å². The van der Waals surface area contributed by atoms with E-state index in [0.29, 0.717) is 0 Å². The molecule has 2 aliphatic heterocycles. The van der Waals surface area contributed by atoms with Crippen LogP contribution in [0.4, 0.5) is 0 Å². The van der Waals surface area contributed by atoms with Crippen molar-refractivity contribution in [1.82, 2.24) is 14.7 Å². The molecule has 6 heteroatoms. The number of thioether (sulfide) groups is 1. The van der Waals surface area contributed by atoms with Crippen LogP contribution in [0.15, 0.2) is 4.99 Å². The van der Waals surface area contributed by atoms with Crippen LogP contribution < -0.4 is 5.73 Å². The normalized spacial score (nSPS) is 25.9. The lowest BCUT2D eigenvalue weighted by Crippen LogP contribution is -2.57. The van der Waals surface area contributed by atoms with Gasteiger partial charge < -0.3 is 10.6 Å². The number of piperazine rings is 1. The Morgan fingerprint density at radius 1 is 1.20 bits per heavy atom. The van der Waals surface area contributed by atoms with Gasteiger partial charge in [-0.25, -0.2) is 0 Å². The third-order valence-corrected chi connectivity index (χ3v) is 5.36. The zero-order valence-electron chi connectivity index (χ0n) is 13.1. The van der Waals surface area contributed by atoms with Gasteiger partial charge in [0.25, 0.3) is 0 Å². The first-order valence-corrected chi connectivity index (χ1v) is 8.71. The number of guanidine groups is 1. The number of nitrogens with two attached hydrogens (primary N) is 1. The Morgan fingerprint density at radius 3 is 2.55 bits per heavy atom. The maximum atomic E-state index is 6.08. The largest absolute Gasteiger partial charge is 0.370 e. The van der Waals surface area contributed by atoms with Gasteiger partial charge >= 0.3 is 0 Å². The molecule has 2 N–H and O–H groups in total. The molecule has 0 spiro atoms. The van der Waals surface area contributed by atoms with E-state index in [9.17, 15) is 0 Å². The summed E-state index contributed by atoms with van der Waals surface area (Å²) in [6.45, 7) is 11.9. The monoisotopic (exact) mass is 299 g/mol. The second-order valence-electron chi connectivity index (χ2n) is 6.35. The summed E-state index contributed by atoms with van der Waals surface area (Å²) in [5.74, 6) is 3.07. The molecule has 0 unspecified atom stereocenters. The van der Waals surface area contributed by atoms with E-state index in [2.05, 4.69) is 40.6 Å². The highest BCUT2D eigenvalue weighted by Gasteiger charge is 2.30. The van der Waals surface area contributed by atoms with Crippen LogP contribution in [0, 0.1) is 0 Å². The number of rotatable bonds is 3. The van der Waals surface area contributed by atoms with Crippen LogP contribution in [0.1, 0.15) is 13.8 Å². The van der Waals surface area contributed by atoms with E-state index in [0.717, 1.165) is 51.8 Å². The molecule has 20 heavy (non-hydrogen) atoms. The van der Waals surface area contributed by atoms with Crippen molar-refractivity contribution < 1.29 is 0 Å². The second-order valence-corrected chi connectivity index (χ2v) is 7.57. The van der Waals surface area contributed by atoms with Crippen molar-refractivity contribution in [2.75, 3.05) is 64.4 Å². The van der Waals surface area contributed by atoms with Crippen molar-refractivity contribution in [3.05, 3.63) is 0 Å². The fourth-order valence-corrected chi connectivity index (χ4v) is 3.63. The molecule has 0 radical (unpaired) electrons. The first kappa shape index (κ1) is 15.9. The Balaban J connectivity index is 1.75. The lowest BCUT2D eigenvalue weighted by Gasteiger charge is -2.45. The smallest absolute Gasteiger partial charge is 0.191 e. The van der Waals surface area contributed by atoms with E-state index in [1.165, 1.54) is 11.5 Å². The number of nitrogens with zero attached hydrogens (tertiary/aromatic N) is 4. The van der Waals surface area contributed by atoms with Gasteiger partial charge in [-0.05, 0) is 20.9 Å². The molecule has 0 atom stereocenters. The molecule has 2 rings (SSSR count). The predicted molar refractivity (Wildman–Crippen MR) is 88.5 cm³/mol. The Kier molecular flexibility index (Phi) is 5.57. The molecule has 0 aromatic carbocycles. The third-order valence-electron chi connectivity index (χ3n) is 4.42. The minimum absolute atomic E-state index is 0.262. The Bertz CT molecular complexity index is 338. The molecule has 2 fully saturated rings. The topological polar surface area (TPSA) is 48.1 Å². The molecule has 116 valence electrons. The predicted octanol–water partition coefficient (Wildman–Crippen LogP) is 0.376. The standard InChI is InChI=1S/C14H29N5S/c1-14(2)12-18(7-6-17(14)3)5-4-16-13(15)19-8-10-20-11-9-19/h4-12H2,1-3H3,(H2,15,16). The van der Waals surface area contributed by atoms with Gasteiger partial charge in [0, 0.05) is 56.3 Å². The van der Waals surface area contributed by atoms with Crippen LogP contribution in [0.2, 0.25) is 0 Å². The van der Waals surface area contributed by atoms with Gasteiger partial charge in [-0.3, -0.25) is 14.8 Å². The van der Waals surface area contributed by atoms with E-state index >= 15 is 0 Å². The van der Waals surface area contributed by atoms with Crippen molar-refractivity contribution in [3.8, 4) is 0 Å². The SMILES string of the molecule is CN1CCN(CCN=C(N)N2CCSCC2)CC1(C)C. The van der Waals surface area contributed by atoms with Crippen molar-refractivity contribution >= 4 is 17.7 Å². The zero-order chi connectivity index (χ0) is 14.6. The lowest BCUT2D eigenvalue weighted by atomic mass is 10.00. The zero-order valence-corrected chi connectivity index (χ0v) is 14.0. The summed E-state index contributed by atoms with van der Waals surface area (Å²) in [5.41, 5.74) is 6.34. The fraction of sp³-hybridized carbons (Fsp3) is 0.929. The Hall–Kier alpha value is -0.460. The highest BCUT2D eigenvalue weighted by atomic mass is 32.2. The molecule has 2 saturated heterocycles. The lowest BCUT2D eigenvalue weighted by molar-refractivity contribution is 0.0418. The second kappa shape index (κ2) is 7.00. The molecule has 0 bridgehead atoms. The molecule has 0 amide bonds. The first-order chi connectivity index (χ1) is 9.49. The van der Waals surface area contributed by atoms with Crippen LogP contribution >= 0.6 is 11.8 Å². The summed E-state index contributed by atoms with van der Waals surface area (Å²) < 4.78 is 0. The summed E-state index contributed by atoms with van der Waals surface area (Å²) in [6.07, 6.45) is 0. The molecule has 5 nitrogen and oxygen atoms in total. The van der Waals surface area contributed by atoms with E-state index in [1.807, 2.05) is 11.8 Å². The Morgan fingerprint density at radius 2 is 1.90 bits per heavy atom. The average molecular weight is 299 g/mol. The molecule has 0 aromatic heterocycles. The first-order valence-electron chi connectivity index (χ1n) is 7.55. The van der Waals surface area contributed by atoms with Crippen molar-refractivity contribution in [3.63, 3.8) is 0 Å². The molecule has 0 saturated carbocycles. The van der Waals surface area contributed by atoms with E-state index in [4.69, 9.17) is 5.73 Å². The van der Waals surface area contributed by atoms with Gasteiger partial charge in [0.1, 0.15) is 0 Å². The maximum Gasteiger partial charge on any atom is 0.191 e. The quantitative estimate of drug-likeness (QED) is 0.603. The number of likely N-dealkylation sites (N-methyl/N-ethyl adjacent to an activating group) is 1. The Labute approximate surface area is 127 Å². The van der Waals surface area contributed by atoms with E-state index < -0.39 is 0 Å². The summed E-state index contributed by atoms with van der Waals surface area (Å²) >= 11 is 2.00. The average Bonchev–Trinajstić information content (AvgIpc) is 2.43. The van der Waals surface area contributed by atoms with E-state index in [-0.39, 0.29) is 5.54 Å². The summed E-state index contributed by atoms with van der Waals surface area (Å²) in [6, 6.07) is 0. The van der Waals surface area contributed by atoms with Gasteiger partial charge in [0.15, 0.2) is 5.96 Å². The molecule has 0 aromatic rings. The van der Waals surface area contributed by atoms with Crippen LogP contribution in [0.3, 0.4) is 0 Å². The van der Waals surface area contributed by atoms with Gasteiger partial charge in [-0.15, -0.1) is 0 Å². The van der Waals surface area contributed by atoms with Crippen LogP contribution in [0.25, 0.3) is 0 Å². The highest BCUT2D eigenvalue weighted by Crippen LogP contribution is 2.18. The van der Waals surface area contributed by atoms with Crippen LogP contribution in [0.5, 0.6) is 0 Å². The molecular weight excluding hydrogens is 270 g/mol. The summed E-state index contributed by atoms with van der Waals surface area (Å²) in [7, 11) is 2.21. The summed E-state index contributed by atoms with van der Waals surface area (Å²) in [5, 5.41) is 0. The molecule has 0 aliphatic carbocycles. The number of aliphatic imine (C=N–C) groups is 1. The maximum absolute atomic E-state index is 6.08. The van der Waals surface area contributed by atoms with Crippen LogP contribution in [-0.2, 0) is 0 Å². The summed E-state index contributed by atoms with van der Waals surface area (Å²) in [4.78, 5) is 11.7. The minimum Gasteiger partial charge on any atom is -0.370 e. The number of hydrogen-bond donors (Lipinski definition) is 1. The van der Waals surface area contributed by atoms with E-state index in [1.54, 1.807) is 0 Å². The van der Waals surface area contributed by atoms with Gasteiger partial charge in [0.2, 0.25) is 0 Å². The van der Waals surface area contributed by atoms with Crippen molar-refractivity contribution in [2.24, 2.45) is 10.7 Å². The van der Waals surface area contributed by atoms with Gasteiger partial charge in [-0.2, -0.15) is 11.8 Å². The van der Waals surface area contributed by atoms with Crippen LogP contribution in [-0.4, -0.2) is 90.6 Å². The fourth-order valence-electron chi connectivity index (χ4n) is 2.73. The molecular formula is C14H29N5S.